The summed E-state index contributed by atoms with van der Waals surface area (Å²) in [5.74, 6) is -3.44. The number of nitrogens with zero attached hydrogens (tertiary/aromatic N) is 2. The Kier molecular flexibility index (Phi) is 9.51. The first-order valence-electron chi connectivity index (χ1n) is 11.4. The molecule has 0 atom stereocenters. The van der Waals surface area contributed by atoms with Crippen LogP contribution in [-0.2, 0) is 19.6 Å². The number of anilines is 2. The number of hydrogen-bond acceptors (Lipinski definition) is 7. The molecule has 208 valence electrons. The Morgan fingerprint density at radius 3 is 2.11 bits per heavy atom. The fraction of sp³-hybridized carbons (Fsp3) is 0.391. The first-order valence-corrected chi connectivity index (χ1v) is 12.9. The van der Waals surface area contributed by atoms with Gasteiger partial charge in [0.25, 0.3) is 15.9 Å². The average molecular weight is 563 g/mol. The molecule has 2 aromatic carbocycles. The SMILES string of the molecule is O=C(O)C(F)(F)F.O=C(c1ccc(N2CCNCC2)c(NS(=O)(=O)c2ccc(F)cc2)c1)N1CCOCC1. The number of aliphatic carboxylic acids is 1. The maximum Gasteiger partial charge on any atom is 0.490 e. The lowest BCUT2D eigenvalue weighted by Crippen LogP contribution is -2.44. The molecule has 0 aliphatic carbocycles. The zero-order valence-electron chi connectivity index (χ0n) is 20.0. The predicted octanol–water partition coefficient (Wildman–Crippen LogP) is 2.14. The normalized spacial score (nSPS) is 16.3. The number of carbonyl (C=O) groups is 2. The highest BCUT2D eigenvalue weighted by Gasteiger charge is 2.38. The van der Waals surface area contributed by atoms with Crippen LogP contribution in [0.3, 0.4) is 0 Å². The second-order valence-corrected chi connectivity index (χ2v) is 9.92. The average Bonchev–Trinajstić information content (AvgIpc) is 2.89. The zero-order chi connectivity index (χ0) is 27.9. The van der Waals surface area contributed by atoms with Gasteiger partial charge in [0.2, 0.25) is 0 Å². The Balaban J connectivity index is 0.000000505. The van der Waals surface area contributed by atoms with Crippen molar-refractivity contribution in [3.8, 4) is 0 Å². The Bertz CT molecular complexity index is 1230. The molecule has 0 spiro atoms. The van der Waals surface area contributed by atoms with Gasteiger partial charge < -0.3 is 25.0 Å². The monoisotopic (exact) mass is 562 g/mol. The van der Waals surface area contributed by atoms with E-state index in [1.807, 2.05) is 0 Å². The molecule has 38 heavy (non-hydrogen) atoms. The molecule has 2 fully saturated rings. The van der Waals surface area contributed by atoms with Gasteiger partial charge in [-0.3, -0.25) is 9.52 Å². The van der Waals surface area contributed by atoms with Crippen molar-refractivity contribution < 1.29 is 45.4 Å². The van der Waals surface area contributed by atoms with Gasteiger partial charge >= 0.3 is 12.1 Å². The number of sulfonamides is 1. The Hall–Kier alpha value is -3.43. The largest absolute Gasteiger partial charge is 0.490 e. The highest BCUT2D eigenvalue weighted by atomic mass is 32.2. The number of carboxylic acids is 1. The number of rotatable bonds is 5. The number of carboxylic acid groups (broad SMARTS) is 1. The van der Waals surface area contributed by atoms with E-state index in [2.05, 4.69) is 14.9 Å². The molecular weight excluding hydrogens is 536 g/mol. The number of nitrogens with one attached hydrogen (secondary N) is 2. The van der Waals surface area contributed by atoms with Crippen LogP contribution in [0.25, 0.3) is 0 Å². The third kappa shape index (κ3) is 7.79. The molecule has 3 N–H and O–H groups in total. The molecular formula is C23H26F4N4O6S. The number of benzene rings is 2. The van der Waals surface area contributed by atoms with E-state index in [0.29, 0.717) is 56.3 Å². The molecule has 15 heteroatoms. The smallest absolute Gasteiger partial charge is 0.475 e. The number of halogens is 4. The standard InChI is InChI=1S/C21H25FN4O4S.C2HF3O2/c22-17-2-4-18(5-3-17)31(28,29)24-19-15-16(21(27)26-11-13-30-14-12-26)1-6-20(19)25-9-7-23-8-10-25;3-2(4,5)1(6)7/h1-6,15,23-24H,7-14H2;(H,6,7). The fourth-order valence-corrected chi connectivity index (χ4v) is 4.76. The maximum atomic E-state index is 13.2. The van der Waals surface area contributed by atoms with Crippen molar-refractivity contribution in [3.63, 3.8) is 0 Å². The molecule has 0 radical (unpaired) electrons. The van der Waals surface area contributed by atoms with Crippen LogP contribution in [0.4, 0.5) is 28.9 Å². The zero-order valence-corrected chi connectivity index (χ0v) is 20.8. The van der Waals surface area contributed by atoms with Gasteiger partial charge in [-0.25, -0.2) is 17.6 Å². The van der Waals surface area contributed by atoms with Crippen molar-refractivity contribution in [1.29, 1.82) is 0 Å². The van der Waals surface area contributed by atoms with Crippen molar-refractivity contribution in [2.24, 2.45) is 0 Å². The van der Waals surface area contributed by atoms with Crippen molar-refractivity contribution in [3.05, 3.63) is 53.8 Å². The number of hydrogen-bond donors (Lipinski definition) is 3. The van der Waals surface area contributed by atoms with Crippen LogP contribution in [0.2, 0.25) is 0 Å². The fourth-order valence-electron chi connectivity index (χ4n) is 3.70. The van der Waals surface area contributed by atoms with Crippen molar-refractivity contribution in [1.82, 2.24) is 10.2 Å². The van der Waals surface area contributed by atoms with Crippen LogP contribution >= 0.6 is 0 Å². The number of amides is 1. The maximum absolute atomic E-state index is 13.2. The molecule has 2 aliphatic heterocycles. The number of alkyl halides is 3. The predicted molar refractivity (Wildman–Crippen MR) is 129 cm³/mol. The topological polar surface area (TPSA) is 128 Å². The van der Waals surface area contributed by atoms with Crippen LogP contribution in [0.15, 0.2) is 47.4 Å². The summed E-state index contributed by atoms with van der Waals surface area (Å²) in [7, 11) is -3.96. The number of morpholine rings is 1. The lowest BCUT2D eigenvalue weighted by molar-refractivity contribution is -0.192. The summed E-state index contributed by atoms with van der Waals surface area (Å²) >= 11 is 0. The first kappa shape index (κ1) is 29.1. The Morgan fingerprint density at radius 1 is 0.974 bits per heavy atom. The lowest BCUT2D eigenvalue weighted by atomic mass is 10.1. The number of piperazine rings is 1. The molecule has 2 heterocycles. The Morgan fingerprint density at radius 2 is 1.55 bits per heavy atom. The minimum absolute atomic E-state index is 0.0509. The van der Waals surface area contributed by atoms with E-state index in [0.717, 1.165) is 25.2 Å². The molecule has 2 aliphatic rings. The lowest BCUT2D eigenvalue weighted by Gasteiger charge is -2.32. The van der Waals surface area contributed by atoms with E-state index in [9.17, 15) is 30.8 Å². The summed E-state index contributed by atoms with van der Waals surface area (Å²) in [6.45, 7) is 4.93. The quantitative estimate of drug-likeness (QED) is 0.473. The minimum Gasteiger partial charge on any atom is -0.475 e. The van der Waals surface area contributed by atoms with Crippen LogP contribution in [-0.4, -0.2) is 89.0 Å². The molecule has 0 aromatic heterocycles. The third-order valence-electron chi connectivity index (χ3n) is 5.61. The summed E-state index contributed by atoms with van der Waals surface area (Å²) in [5.41, 5.74) is 1.42. The van der Waals surface area contributed by atoms with Gasteiger partial charge in [0.15, 0.2) is 0 Å². The Labute approximate surface area is 216 Å². The molecule has 4 rings (SSSR count). The van der Waals surface area contributed by atoms with Crippen molar-refractivity contribution >= 4 is 33.3 Å². The molecule has 2 saturated heterocycles. The van der Waals surface area contributed by atoms with Gasteiger partial charge in [-0.15, -0.1) is 0 Å². The minimum atomic E-state index is -5.08. The van der Waals surface area contributed by atoms with Crippen LogP contribution in [0.5, 0.6) is 0 Å². The van der Waals surface area contributed by atoms with Gasteiger partial charge in [-0.1, -0.05) is 0 Å². The summed E-state index contributed by atoms with van der Waals surface area (Å²) in [5, 5.41) is 10.4. The molecule has 0 bridgehead atoms. The van der Waals surface area contributed by atoms with Crippen LogP contribution < -0.4 is 14.9 Å². The van der Waals surface area contributed by atoms with Crippen molar-refractivity contribution in [2.75, 3.05) is 62.1 Å². The molecule has 0 saturated carbocycles. The van der Waals surface area contributed by atoms with Crippen LogP contribution in [0, 0.1) is 5.82 Å². The van der Waals surface area contributed by atoms with E-state index >= 15 is 0 Å². The number of carbonyl (C=O) groups excluding carboxylic acids is 1. The molecule has 1 amide bonds. The van der Waals surface area contributed by atoms with E-state index in [1.54, 1.807) is 23.1 Å². The van der Waals surface area contributed by atoms with Crippen molar-refractivity contribution in [2.45, 2.75) is 11.1 Å². The number of ether oxygens (including phenoxy) is 1. The van der Waals surface area contributed by atoms with Gasteiger partial charge in [-0.05, 0) is 42.5 Å². The first-order chi connectivity index (χ1) is 17.9. The highest BCUT2D eigenvalue weighted by molar-refractivity contribution is 7.92. The summed E-state index contributed by atoms with van der Waals surface area (Å²) in [4.78, 5) is 25.6. The van der Waals surface area contributed by atoms with E-state index < -0.39 is 28.0 Å². The summed E-state index contributed by atoms with van der Waals surface area (Å²) in [6.07, 6.45) is -5.08. The van der Waals surface area contributed by atoms with Gasteiger partial charge in [0, 0.05) is 44.8 Å². The van der Waals surface area contributed by atoms with Gasteiger partial charge in [0.1, 0.15) is 5.82 Å². The second kappa shape index (κ2) is 12.4. The van der Waals surface area contributed by atoms with Gasteiger partial charge in [0.05, 0.1) is 29.5 Å². The van der Waals surface area contributed by atoms with E-state index in [4.69, 9.17) is 14.6 Å². The molecule has 10 nitrogen and oxygen atoms in total. The molecule has 0 unspecified atom stereocenters. The second-order valence-electron chi connectivity index (χ2n) is 8.24. The van der Waals surface area contributed by atoms with E-state index in [1.165, 1.54) is 12.1 Å². The van der Waals surface area contributed by atoms with Crippen LogP contribution in [0.1, 0.15) is 10.4 Å². The molecule has 2 aromatic rings. The summed E-state index contributed by atoms with van der Waals surface area (Å²) < 4.78 is 78.8. The van der Waals surface area contributed by atoms with E-state index in [-0.39, 0.29) is 10.8 Å². The van der Waals surface area contributed by atoms with Gasteiger partial charge in [-0.2, -0.15) is 13.2 Å². The third-order valence-corrected chi connectivity index (χ3v) is 6.99. The highest BCUT2D eigenvalue weighted by Crippen LogP contribution is 2.30. The summed E-state index contributed by atoms with van der Waals surface area (Å²) in [6, 6.07) is 9.71.